The lowest BCUT2D eigenvalue weighted by Crippen LogP contribution is -2.21. The number of aromatic nitrogens is 3. The minimum absolute atomic E-state index is 0.0631. The first-order valence-corrected chi connectivity index (χ1v) is 8.89. The SMILES string of the molecule is O=C(Nc1cnccc1OCC(F)(F)F)c1ccnc(Nc2ccc(OC(F)(F)F)cc2)n1. The van der Waals surface area contributed by atoms with E-state index in [2.05, 4.69) is 35.1 Å². The van der Waals surface area contributed by atoms with Crippen molar-refractivity contribution in [2.75, 3.05) is 17.2 Å². The summed E-state index contributed by atoms with van der Waals surface area (Å²) in [6.45, 7) is -1.56. The van der Waals surface area contributed by atoms with E-state index in [0.717, 1.165) is 24.4 Å². The number of benzene rings is 1. The zero-order valence-corrected chi connectivity index (χ0v) is 16.2. The van der Waals surface area contributed by atoms with Gasteiger partial charge in [0.2, 0.25) is 5.95 Å². The van der Waals surface area contributed by atoms with Crippen molar-refractivity contribution < 1.29 is 40.6 Å². The molecule has 0 aliphatic rings. The van der Waals surface area contributed by atoms with Gasteiger partial charge in [0.15, 0.2) is 6.61 Å². The number of halogens is 6. The van der Waals surface area contributed by atoms with Crippen molar-refractivity contribution in [2.24, 2.45) is 0 Å². The lowest BCUT2D eigenvalue weighted by atomic mass is 10.3. The molecule has 0 unspecified atom stereocenters. The highest BCUT2D eigenvalue weighted by Crippen LogP contribution is 2.27. The molecule has 14 heteroatoms. The molecule has 0 radical (unpaired) electrons. The number of pyridine rings is 1. The second-order valence-electron chi connectivity index (χ2n) is 6.19. The third-order valence-electron chi connectivity index (χ3n) is 3.65. The fourth-order valence-corrected chi connectivity index (χ4v) is 2.36. The number of ether oxygens (including phenoxy) is 2. The van der Waals surface area contributed by atoms with Crippen LogP contribution in [0.5, 0.6) is 11.5 Å². The molecule has 0 fully saturated rings. The molecule has 1 amide bonds. The van der Waals surface area contributed by atoms with E-state index in [1.807, 2.05) is 0 Å². The predicted molar refractivity (Wildman–Crippen MR) is 102 cm³/mol. The summed E-state index contributed by atoms with van der Waals surface area (Å²) >= 11 is 0. The zero-order valence-electron chi connectivity index (χ0n) is 16.2. The predicted octanol–water partition coefficient (Wildman–Crippen LogP) is 4.71. The van der Waals surface area contributed by atoms with Crippen LogP contribution in [0.2, 0.25) is 0 Å². The Morgan fingerprint density at radius 3 is 2.36 bits per heavy atom. The molecule has 0 saturated carbocycles. The summed E-state index contributed by atoms with van der Waals surface area (Å²) in [6.07, 6.45) is -5.87. The van der Waals surface area contributed by atoms with Crippen molar-refractivity contribution in [3.8, 4) is 11.5 Å². The molecule has 0 aliphatic heterocycles. The fourth-order valence-electron chi connectivity index (χ4n) is 2.36. The third-order valence-corrected chi connectivity index (χ3v) is 3.65. The van der Waals surface area contributed by atoms with Crippen LogP contribution in [0.3, 0.4) is 0 Å². The van der Waals surface area contributed by atoms with E-state index in [4.69, 9.17) is 0 Å². The lowest BCUT2D eigenvalue weighted by Gasteiger charge is -2.13. The Morgan fingerprint density at radius 2 is 1.70 bits per heavy atom. The van der Waals surface area contributed by atoms with Crippen LogP contribution in [0.15, 0.2) is 55.0 Å². The van der Waals surface area contributed by atoms with Gasteiger partial charge in [-0.05, 0) is 30.3 Å². The Hall–Kier alpha value is -4.10. The molecule has 2 aromatic heterocycles. The molecule has 174 valence electrons. The van der Waals surface area contributed by atoms with Crippen LogP contribution in [-0.2, 0) is 0 Å². The molecular weight excluding hydrogens is 460 g/mol. The first kappa shape index (κ1) is 23.6. The third kappa shape index (κ3) is 7.52. The van der Waals surface area contributed by atoms with Crippen molar-refractivity contribution in [3.63, 3.8) is 0 Å². The van der Waals surface area contributed by atoms with Crippen LogP contribution in [0, 0.1) is 0 Å². The highest BCUT2D eigenvalue weighted by atomic mass is 19.4. The molecular formula is C19H13F6N5O3. The van der Waals surface area contributed by atoms with Crippen molar-refractivity contribution in [3.05, 3.63) is 60.7 Å². The van der Waals surface area contributed by atoms with Crippen molar-refractivity contribution in [1.82, 2.24) is 15.0 Å². The van der Waals surface area contributed by atoms with E-state index in [0.29, 0.717) is 5.69 Å². The average molecular weight is 473 g/mol. The maximum atomic E-state index is 12.5. The maximum Gasteiger partial charge on any atom is 0.573 e. The second-order valence-corrected chi connectivity index (χ2v) is 6.19. The molecule has 0 atom stereocenters. The summed E-state index contributed by atoms with van der Waals surface area (Å²) in [5.41, 5.74) is 0.0347. The molecule has 0 spiro atoms. The number of nitrogens with zero attached hydrogens (tertiary/aromatic N) is 3. The molecule has 1 aromatic carbocycles. The normalized spacial score (nSPS) is 11.6. The summed E-state index contributed by atoms with van der Waals surface area (Å²) in [7, 11) is 0. The van der Waals surface area contributed by atoms with Gasteiger partial charge in [0.05, 0.1) is 6.20 Å². The number of rotatable bonds is 7. The molecule has 8 nitrogen and oxygen atoms in total. The first-order valence-electron chi connectivity index (χ1n) is 8.89. The van der Waals surface area contributed by atoms with E-state index < -0.39 is 30.8 Å². The zero-order chi connectivity index (χ0) is 24.1. The Balaban J connectivity index is 1.68. The fraction of sp³-hybridized carbons (Fsp3) is 0.158. The minimum Gasteiger partial charge on any atom is -0.482 e. The Morgan fingerprint density at radius 1 is 0.970 bits per heavy atom. The molecule has 3 aromatic rings. The van der Waals surface area contributed by atoms with Gasteiger partial charge < -0.3 is 20.1 Å². The van der Waals surface area contributed by atoms with Crippen LogP contribution < -0.4 is 20.1 Å². The van der Waals surface area contributed by atoms with Crippen molar-refractivity contribution in [1.29, 1.82) is 0 Å². The van der Waals surface area contributed by atoms with E-state index in [9.17, 15) is 31.1 Å². The van der Waals surface area contributed by atoms with Crippen LogP contribution >= 0.6 is 0 Å². The average Bonchev–Trinajstić information content (AvgIpc) is 2.73. The molecule has 0 aliphatic carbocycles. The number of anilines is 3. The number of carbonyl (C=O) groups excluding carboxylic acids is 1. The van der Waals surface area contributed by atoms with Gasteiger partial charge in [-0.1, -0.05) is 0 Å². The van der Waals surface area contributed by atoms with Gasteiger partial charge in [-0.2, -0.15) is 13.2 Å². The van der Waals surface area contributed by atoms with Crippen LogP contribution in [0.4, 0.5) is 43.7 Å². The van der Waals surface area contributed by atoms with Crippen LogP contribution in [0.25, 0.3) is 0 Å². The van der Waals surface area contributed by atoms with Gasteiger partial charge in [0.25, 0.3) is 5.91 Å². The van der Waals surface area contributed by atoms with Crippen molar-refractivity contribution >= 4 is 23.2 Å². The monoisotopic (exact) mass is 473 g/mol. The van der Waals surface area contributed by atoms with Crippen molar-refractivity contribution in [2.45, 2.75) is 12.5 Å². The van der Waals surface area contributed by atoms with E-state index >= 15 is 0 Å². The molecule has 0 saturated heterocycles. The molecule has 33 heavy (non-hydrogen) atoms. The number of amides is 1. The smallest absolute Gasteiger partial charge is 0.482 e. The topological polar surface area (TPSA) is 98.3 Å². The Bertz CT molecular complexity index is 1110. The standard InChI is InChI=1S/C19H13F6N5O3/c20-18(21,22)10-32-15-6-7-26-9-14(15)29-16(31)13-5-8-27-17(30-13)28-11-1-3-12(4-2-11)33-19(23,24)25/h1-9H,10H2,(H,29,31)(H,27,28,30). The van der Waals surface area contributed by atoms with Gasteiger partial charge in [-0.25, -0.2) is 9.97 Å². The number of nitrogens with one attached hydrogen (secondary N) is 2. The van der Waals surface area contributed by atoms with Gasteiger partial charge in [-0.3, -0.25) is 9.78 Å². The summed E-state index contributed by atoms with van der Waals surface area (Å²) in [4.78, 5) is 24.1. The van der Waals surface area contributed by atoms with E-state index in [1.165, 1.54) is 30.6 Å². The lowest BCUT2D eigenvalue weighted by molar-refractivity contribution is -0.274. The number of hydrogen-bond acceptors (Lipinski definition) is 7. The highest BCUT2D eigenvalue weighted by Gasteiger charge is 2.31. The molecule has 2 heterocycles. The van der Waals surface area contributed by atoms with E-state index in [1.54, 1.807) is 0 Å². The highest BCUT2D eigenvalue weighted by molar-refractivity contribution is 6.03. The second kappa shape index (κ2) is 9.58. The Labute approximate surface area is 181 Å². The van der Waals surface area contributed by atoms with Gasteiger partial charge in [0.1, 0.15) is 22.9 Å². The van der Waals surface area contributed by atoms with E-state index in [-0.39, 0.29) is 23.1 Å². The molecule has 0 bridgehead atoms. The van der Waals surface area contributed by atoms with Gasteiger partial charge in [0, 0.05) is 24.1 Å². The summed E-state index contributed by atoms with van der Waals surface area (Å²) in [6, 6.07) is 7.08. The molecule has 3 rings (SSSR count). The Kier molecular flexibility index (Phi) is 6.84. The first-order chi connectivity index (χ1) is 15.5. The number of alkyl halides is 6. The van der Waals surface area contributed by atoms with Gasteiger partial charge >= 0.3 is 12.5 Å². The summed E-state index contributed by atoms with van der Waals surface area (Å²) < 4.78 is 82.4. The minimum atomic E-state index is -4.83. The number of hydrogen-bond donors (Lipinski definition) is 2. The quantitative estimate of drug-likeness (QED) is 0.480. The van der Waals surface area contributed by atoms with Crippen LogP contribution in [-0.4, -0.2) is 40.0 Å². The maximum absolute atomic E-state index is 12.5. The number of carbonyl (C=O) groups is 1. The largest absolute Gasteiger partial charge is 0.573 e. The molecule has 2 N–H and O–H groups in total. The summed E-state index contributed by atoms with van der Waals surface area (Å²) in [5, 5.41) is 5.05. The summed E-state index contributed by atoms with van der Waals surface area (Å²) in [5.74, 6) is -1.53. The van der Waals surface area contributed by atoms with Crippen LogP contribution in [0.1, 0.15) is 10.5 Å². The van der Waals surface area contributed by atoms with Gasteiger partial charge in [-0.15, -0.1) is 13.2 Å².